The summed E-state index contributed by atoms with van der Waals surface area (Å²) in [6, 6.07) is 0. The van der Waals surface area contributed by atoms with Gasteiger partial charge in [0.1, 0.15) is 4.75 Å². The number of rotatable bonds is 6. The van der Waals surface area contributed by atoms with Gasteiger partial charge in [-0.15, -0.1) is 11.3 Å². The normalized spacial score (nSPS) is 29.0. The predicted molar refractivity (Wildman–Crippen MR) is 90.3 cm³/mol. The summed E-state index contributed by atoms with van der Waals surface area (Å²) in [5, 5.41) is 0. The van der Waals surface area contributed by atoms with Crippen molar-refractivity contribution in [3.8, 4) is 0 Å². The summed E-state index contributed by atoms with van der Waals surface area (Å²) >= 11 is 1.66. The average molecular weight is 357 g/mol. The van der Waals surface area contributed by atoms with Crippen molar-refractivity contribution in [2.75, 3.05) is 32.1 Å². The van der Waals surface area contributed by atoms with Gasteiger partial charge in [0.05, 0.1) is 23.6 Å². The first-order valence-electron chi connectivity index (χ1n) is 8.41. The molecule has 7 heteroatoms. The molecule has 0 amide bonds. The monoisotopic (exact) mass is 356 g/mol. The van der Waals surface area contributed by atoms with Crippen LogP contribution >= 0.6 is 11.3 Å². The maximum atomic E-state index is 12.6. The van der Waals surface area contributed by atoms with E-state index in [1.165, 1.54) is 17.7 Å². The van der Waals surface area contributed by atoms with E-state index in [4.69, 9.17) is 4.74 Å². The minimum absolute atomic E-state index is 0.171. The van der Waals surface area contributed by atoms with Gasteiger partial charge < -0.3 is 4.74 Å². The molecule has 5 nitrogen and oxygen atoms in total. The molecular formula is C16H24N2O3S2. The molecule has 3 heterocycles. The maximum absolute atomic E-state index is 12.6. The summed E-state index contributed by atoms with van der Waals surface area (Å²) < 4.78 is 30.5. The van der Waals surface area contributed by atoms with Gasteiger partial charge in [-0.05, 0) is 32.1 Å². The highest BCUT2D eigenvalue weighted by molar-refractivity contribution is 7.93. The van der Waals surface area contributed by atoms with Gasteiger partial charge in [-0.25, -0.2) is 13.4 Å². The molecule has 0 bridgehead atoms. The zero-order valence-corrected chi connectivity index (χ0v) is 15.2. The highest BCUT2D eigenvalue weighted by Crippen LogP contribution is 2.45. The van der Waals surface area contributed by atoms with Crippen LogP contribution in [0.1, 0.15) is 29.8 Å². The van der Waals surface area contributed by atoms with Crippen molar-refractivity contribution in [3.63, 3.8) is 0 Å². The Balaban J connectivity index is 1.39. The minimum atomic E-state index is -2.99. The van der Waals surface area contributed by atoms with Gasteiger partial charge in [0.25, 0.3) is 0 Å². The largest absolute Gasteiger partial charge is 0.381 e. The molecule has 1 spiro atoms. The summed E-state index contributed by atoms with van der Waals surface area (Å²) in [7, 11) is -2.99. The Bertz CT molecular complexity index is 675. The van der Waals surface area contributed by atoms with Crippen molar-refractivity contribution in [2.24, 2.45) is 11.8 Å². The molecular weight excluding hydrogens is 332 g/mol. The van der Waals surface area contributed by atoms with Crippen molar-refractivity contribution >= 4 is 21.2 Å². The number of ether oxygens (including phenoxy) is 1. The fourth-order valence-corrected chi connectivity index (χ4v) is 7.14. The number of aromatic nitrogens is 1. The quantitative estimate of drug-likeness (QED) is 0.779. The van der Waals surface area contributed by atoms with Crippen LogP contribution in [0.25, 0.3) is 0 Å². The number of hydrogen-bond donors (Lipinski definition) is 0. The van der Waals surface area contributed by atoms with Crippen molar-refractivity contribution in [1.82, 2.24) is 9.88 Å². The van der Waals surface area contributed by atoms with Crippen LogP contribution in [0.15, 0.2) is 5.51 Å². The van der Waals surface area contributed by atoms with E-state index in [1.807, 2.05) is 12.4 Å². The lowest BCUT2D eigenvalue weighted by Gasteiger charge is -2.50. The third-order valence-electron chi connectivity index (χ3n) is 5.66. The molecule has 2 saturated heterocycles. The molecule has 0 aromatic carbocycles. The topological polar surface area (TPSA) is 59.5 Å². The SMILES string of the molecule is Cc1ncsc1CN1CC2(C1)[C@H](COCC1CC1)CCS2(=O)=O. The molecule has 4 rings (SSSR count). The average Bonchev–Trinajstić information content (AvgIpc) is 3.14. The number of nitrogens with zero attached hydrogens (tertiary/aromatic N) is 2. The third kappa shape index (κ3) is 2.86. The molecule has 128 valence electrons. The molecule has 3 aliphatic rings. The number of hydrogen-bond acceptors (Lipinski definition) is 6. The molecule has 1 aromatic rings. The second-order valence-electron chi connectivity index (χ2n) is 7.36. The lowest BCUT2D eigenvalue weighted by molar-refractivity contribution is 0.0230. The first kappa shape index (κ1) is 16.0. The second kappa shape index (κ2) is 5.79. The minimum Gasteiger partial charge on any atom is -0.381 e. The van der Waals surface area contributed by atoms with Crippen LogP contribution in [-0.2, 0) is 21.1 Å². The summed E-state index contributed by atoms with van der Waals surface area (Å²) in [6.07, 6.45) is 3.31. The van der Waals surface area contributed by atoms with Crippen LogP contribution in [0, 0.1) is 18.8 Å². The van der Waals surface area contributed by atoms with Crippen LogP contribution in [0.2, 0.25) is 0 Å². The van der Waals surface area contributed by atoms with Crippen LogP contribution in [0.4, 0.5) is 0 Å². The zero-order valence-electron chi connectivity index (χ0n) is 13.5. The number of aryl methyl sites for hydroxylation is 1. The molecule has 1 aromatic heterocycles. The van der Waals surface area contributed by atoms with Gasteiger partial charge in [0, 0.05) is 37.0 Å². The summed E-state index contributed by atoms with van der Waals surface area (Å²) in [5.41, 5.74) is 2.93. The van der Waals surface area contributed by atoms with Crippen LogP contribution < -0.4 is 0 Å². The van der Waals surface area contributed by atoms with E-state index in [2.05, 4.69) is 9.88 Å². The molecule has 2 aliphatic heterocycles. The van der Waals surface area contributed by atoms with E-state index >= 15 is 0 Å². The van der Waals surface area contributed by atoms with Crippen LogP contribution in [0.3, 0.4) is 0 Å². The van der Waals surface area contributed by atoms with Crippen molar-refractivity contribution in [3.05, 3.63) is 16.1 Å². The van der Waals surface area contributed by atoms with Crippen molar-refractivity contribution < 1.29 is 13.2 Å². The molecule has 0 N–H and O–H groups in total. The molecule has 3 fully saturated rings. The Labute approximate surface area is 142 Å². The standard InChI is InChI=1S/C16H24N2O3S2/c1-12-15(22-11-17-12)6-18-9-16(10-18)14(4-5-23(16,19)20)8-21-7-13-2-3-13/h11,13-14H,2-10H2,1H3/t14-/m0/s1. The Morgan fingerprint density at radius 2 is 2.13 bits per heavy atom. The fourth-order valence-electron chi connectivity index (χ4n) is 3.87. The van der Waals surface area contributed by atoms with Gasteiger partial charge in [-0.1, -0.05) is 0 Å². The smallest absolute Gasteiger partial charge is 0.158 e. The Kier molecular flexibility index (Phi) is 4.03. The molecule has 23 heavy (non-hydrogen) atoms. The highest BCUT2D eigenvalue weighted by Gasteiger charge is 2.61. The number of sulfone groups is 1. The number of likely N-dealkylation sites (tertiary alicyclic amines) is 1. The van der Waals surface area contributed by atoms with E-state index in [0.717, 1.165) is 31.2 Å². The van der Waals surface area contributed by atoms with Crippen molar-refractivity contribution in [1.29, 1.82) is 0 Å². The molecule has 0 unspecified atom stereocenters. The lowest BCUT2D eigenvalue weighted by Crippen LogP contribution is -2.67. The number of thiazole rings is 1. The van der Waals surface area contributed by atoms with Gasteiger partial charge in [0.15, 0.2) is 9.84 Å². The molecule has 1 aliphatic carbocycles. The van der Waals surface area contributed by atoms with E-state index in [0.29, 0.717) is 25.4 Å². The first-order chi connectivity index (χ1) is 11.0. The Hall–Kier alpha value is -0.500. The fraction of sp³-hybridized carbons (Fsp3) is 0.812. The molecule has 1 saturated carbocycles. The Morgan fingerprint density at radius 3 is 2.78 bits per heavy atom. The van der Waals surface area contributed by atoms with E-state index in [9.17, 15) is 8.42 Å². The summed E-state index contributed by atoms with van der Waals surface area (Å²) in [6.45, 7) is 5.58. The third-order valence-corrected chi connectivity index (χ3v) is 9.19. The summed E-state index contributed by atoms with van der Waals surface area (Å²) in [5.74, 6) is 1.24. The van der Waals surface area contributed by atoms with Gasteiger partial charge in [-0.3, -0.25) is 4.90 Å². The lowest BCUT2D eigenvalue weighted by atomic mass is 9.83. The van der Waals surface area contributed by atoms with Crippen LogP contribution in [-0.4, -0.2) is 55.1 Å². The van der Waals surface area contributed by atoms with Gasteiger partial charge in [0.2, 0.25) is 0 Å². The zero-order chi connectivity index (χ0) is 16.1. The Morgan fingerprint density at radius 1 is 1.35 bits per heavy atom. The predicted octanol–water partition coefficient (Wildman–Crippen LogP) is 1.87. The molecule has 0 radical (unpaired) electrons. The molecule has 1 atom stereocenters. The van der Waals surface area contributed by atoms with Crippen molar-refractivity contribution in [2.45, 2.75) is 37.5 Å². The summed E-state index contributed by atoms with van der Waals surface area (Å²) in [4.78, 5) is 7.77. The maximum Gasteiger partial charge on any atom is 0.158 e. The van der Waals surface area contributed by atoms with E-state index in [-0.39, 0.29) is 5.92 Å². The van der Waals surface area contributed by atoms with Crippen LogP contribution in [0.5, 0.6) is 0 Å². The second-order valence-corrected chi connectivity index (χ2v) is 10.7. The van der Waals surface area contributed by atoms with E-state index < -0.39 is 14.6 Å². The van der Waals surface area contributed by atoms with Gasteiger partial charge in [-0.2, -0.15) is 0 Å². The highest BCUT2D eigenvalue weighted by atomic mass is 32.2. The van der Waals surface area contributed by atoms with E-state index in [1.54, 1.807) is 11.3 Å². The van der Waals surface area contributed by atoms with Gasteiger partial charge >= 0.3 is 0 Å². The first-order valence-corrected chi connectivity index (χ1v) is 10.9.